The molecule has 96 valence electrons. The Labute approximate surface area is 110 Å². The molecule has 0 spiro atoms. The van der Waals surface area contributed by atoms with E-state index in [1.165, 1.54) is 0 Å². The molecule has 0 unspecified atom stereocenters. The minimum atomic E-state index is 0.571. The number of ether oxygens (including phenoxy) is 2. The lowest BCUT2D eigenvalue weighted by Gasteiger charge is -2.03. The fourth-order valence-corrected chi connectivity index (χ4v) is 1.95. The molecule has 4 heteroatoms. The fourth-order valence-electron chi connectivity index (χ4n) is 1.95. The first-order chi connectivity index (χ1) is 9.31. The Morgan fingerprint density at radius 1 is 1.00 bits per heavy atom. The number of aromatic nitrogens is 1. The van der Waals surface area contributed by atoms with Crippen LogP contribution in [0.2, 0.25) is 0 Å². The third-order valence-electron chi connectivity index (χ3n) is 2.91. The number of methoxy groups -OCH3 is 2. The molecule has 0 fully saturated rings. The molecule has 0 aliphatic rings. The molecule has 2 aromatic carbocycles. The predicted octanol–water partition coefficient (Wildman–Crippen LogP) is 3.51. The highest BCUT2D eigenvalue weighted by atomic mass is 16.5. The van der Waals surface area contributed by atoms with Crippen LogP contribution in [0.4, 0.5) is 0 Å². The summed E-state index contributed by atoms with van der Waals surface area (Å²) in [5, 5.41) is 0. The van der Waals surface area contributed by atoms with Gasteiger partial charge in [0.1, 0.15) is 5.75 Å². The van der Waals surface area contributed by atoms with E-state index >= 15 is 0 Å². The van der Waals surface area contributed by atoms with Gasteiger partial charge in [-0.05, 0) is 12.1 Å². The van der Waals surface area contributed by atoms with Gasteiger partial charge in [0.05, 0.1) is 14.2 Å². The van der Waals surface area contributed by atoms with E-state index in [-0.39, 0.29) is 0 Å². The number of fused-ring (bicyclic) bond motifs is 1. The maximum atomic E-state index is 5.77. The minimum Gasteiger partial charge on any atom is -0.496 e. The third kappa shape index (κ3) is 2.01. The van der Waals surface area contributed by atoms with Crippen LogP contribution in [0.15, 0.2) is 46.9 Å². The van der Waals surface area contributed by atoms with E-state index in [2.05, 4.69) is 4.98 Å². The van der Waals surface area contributed by atoms with Gasteiger partial charge in [0.15, 0.2) is 16.8 Å². The molecule has 0 N–H and O–H groups in total. The van der Waals surface area contributed by atoms with Crippen LogP contribution in [0.1, 0.15) is 0 Å². The fraction of sp³-hybridized carbons (Fsp3) is 0.133. The first-order valence-electron chi connectivity index (χ1n) is 5.90. The topological polar surface area (TPSA) is 44.5 Å². The average Bonchev–Trinajstić information content (AvgIpc) is 2.91. The predicted molar refractivity (Wildman–Crippen MR) is 72.5 cm³/mol. The molecular formula is C15H13NO3. The normalized spacial score (nSPS) is 10.6. The van der Waals surface area contributed by atoms with E-state index in [1.54, 1.807) is 26.4 Å². The van der Waals surface area contributed by atoms with Crippen LogP contribution in [0, 0.1) is 0 Å². The summed E-state index contributed by atoms with van der Waals surface area (Å²) >= 11 is 0. The van der Waals surface area contributed by atoms with Crippen molar-refractivity contribution in [3.63, 3.8) is 0 Å². The van der Waals surface area contributed by atoms with Gasteiger partial charge in [-0.2, -0.15) is 0 Å². The highest BCUT2D eigenvalue weighted by Gasteiger charge is 2.13. The van der Waals surface area contributed by atoms with E-state index in [4.69, 9.17) is 13.9 Å². The number of hydrogen-bond acceptors (Lipinski definition) is 4. The van der Waals surface area contributed by atoms with Crippen LogP contribution in [-0.2, 0) is 0 Å². The zero-order valence-corrected chi connectivity index (χ0v) is 10.7. The molecule has 3 aromatic rings. The zero-order chi connectivity index (χ0) is 13.2. The number of oxazole rings is 1. The van der Waals surface area contributed by atoms with Gasteiger partial charge in [-0.3, -0.25) is 0 Å². The molecule has 0 radical (unpaired) electrons. The van der Waals surface area contributed by atoms with Crippen LogP contribution in [0.5, 0.6) is 11.5 Å². The quantitative estimate of drug-likeness (QED) is 0.718. The summed E-state index contributed by atoms with van der Waals surface area (Å²) in [6.07, 6.45) is 0. The second-order valence-corrected chi connectivity index (χ2v) is 4.06. The van der Waals surface area contributed by atoms with Gasteiger partial charge in [0.25, 0.3) is 0 Å². The van der Waals surface area contributed by atoms with Crippen LogP contribution in [-0.4, -0.2) is 19.2 Å². The first-order valence-corrected chi connectivity index (χ1v) is 5.90. The maximum absolute atomic E-state index is 5.77. The Balaban J connectivity index is 2.20. The SMILES string of the molecule is COc1cc(OC)c2nc(-c3ccccc3)oc2c1. The molecule has 0 saturated carbocycles. The molecule has 0 amide bonds. The molecule has 3 rings (SSSR count). The zero-order valence-electron chi connectivity index (χ0n) is 10.7. The molecule has 19 heavy (non-hydrogen) atoms. The smallest absolute Gasteiger partial charge is 0.227 e. The molecular weight excluding hydrogens is 242 g/mol. The molecule has 0 saturated heterocycles. The van der Waals surface area contributed by atoms with E-state index < -0.39 is 0 Å². The van der Waals surface area contributed by atoms with E-state index in [0.29, 0.717) is 28.5 Å². The Morgan fingerprint density at radius 3 is 2.47 bits per heavy atom. The van der Waals surface area contributed by atoms with Crippen molar-refractivity contribution in [3.8, 4) is 23.0 Å². The van der Waals surface area contributed by atoms with Gasteiger partial charge >= 0.3 is 0 Å². The van der Waals surface area contributed by atoms with Crippen molar-refractivity contribution in [1.29, 1.82) is 0 Å². The Hall–Kier alpha value is -2.49. The first kappa shape index (κ1) is 11.6. The highest BCUT2D eigenvalue weighted by molar-refractivity contribution is 5.84. The second kappa shape index (κ2) is 4.65. The van der Waals surface area contributed by atoms with Gasteiger partial charge in [0, 0.05) is 17.7 Å². The lowest BCUT2D eigenvalue weighted by Crippen LogP contribution is -1.87. The largest absolute Gasteiger partial charge is 0.496 e. The molecule has 0 atom stereocenters. The summed E-state index contributed by atoms with van der Waals surface area (Å²) in [7, 11) is 3.21. The van der Waals surface area contributed by atoms with E-state index in [0.717, 1.165) is 5.56 Å². The van der Waals surface area contributed by atoms with Gasteiger partial charge in [-0.1, -0.05) is 18.2 Å². The Bertz CT molecular complexity index is 704. The number of nitrogens with zero attached hydrogens (tertiary/aromatic N) is 1. The van der Waals surface area contributed by atoms with Crippen molar-refractivity contribution in [3.05, 3.63) is 42.5 Å². The van der Waals surface area contributed by atoms with Crippen molar-refractivity contribution < 1.29 is 13.9 Å². The number of benzene rings is 2. The molecule has 0 bridgehead atoms. The van der Waals surface area contributed by atoms with Gasteiger partial charge in [-0.15, -0.1) is 0 Å². The monoisotopic (exact) mass is 255 g/mol. The summed E-state index contributed by atoms with van der Waals surface area (Å²) in [5.74, 6) is 1.89. The standard InChI is InChI=1S/C15H13NO3/c1-17-11-8-12(18-2)14-13(9-11)19-15(16-14)10-6-4-3-5-7-10/h3-9H,1-2H3. The third-order valence-corrected chi connectivity index (χ3v) is 2.91. The van der Waals surface area contributed by atoms with Crippen molar-refractivity contribution in [1.82, 2.24) is 4.98 Å². The summed E-state index contributed by atoms with van der Waals surface area (Å²) in [4.78, 5) is 4.48. The molecule has 1 heterocycles. The van der Waals surface area contributed by atoms with Crippen LogP contribution in [0.25, 0.3) is 22.6 Å². The highest BCUT2D eigenvalue weighted by Crippen LogP contribution is 2.33. The molecule has 1 aromatic heterocycles. The Kier molecular flexibility index (Phi) is 2.83. The summed E-state index contributed by atoms with van der Waals surface area (Å²) < 4.78 is 16.3. The summed E-state index contributed by atoms with van der Waals surface area (Å²) in [6.45, 7) is 0. The maximum Gasteiger partial charge on any atom is 0.227 e. The minimum absolute atomic E-state index is 0.571. The molecule has 0 aliphatic carbocycles. The lowest BCUT2D eigenvalue weighted by atomic mass is 10.2. The van der Waals surface area contributed by atoms with Gasteiger partial charge < -0.3 is 13.9 Å². The van der Waals surface area contributed by atoms with Crippen molar-refractivity contribution in [2.24, 2.45) is 0 Å². The van der Waals surface area contributed by atoms with Crippen molar-refractivity contribution in [2.75, 3.05) is 14.2 Å². The number of hydrogen-bond donors (Lipinski definition) is 0. The van der Waals surface area contributed by atoms with Crippen molar-refractivity contribution in [2.45, 2.75) is 0 Å². The van der Waals surface area contributed by atoms with Crippen LogP contribution in [0.3, 0.4) is 0 Å². The average molecular weight is 255 g/mol. The number of rotatable bonds is 3. The van der Waals surface area contributed by atoms with Gasteiger partial charge in [0.2, 0.25) is 5.89 Å². The molecule has 4 nitrogen and oxygen atoms in total. The Morgan fingerprint density at radius 2 is 1.79 bits per heavy atom. The lowest BCUT2D eigenvalue weighted by molar-refractivity contribution is 0.397. The van der Waals surface area contributed by atoms with Crippen LogP contribution < -0.4 is 9.47 Å². The van der Waals surface area contributed by atoms with Gasteiger partial charge in [-0.25, -0.2) is 4.98 Å². The second-order valence-electron chi connectivity index (χ2n) is 4.06. The van der Waals surface area contributed by atoms with Crippen molar-refractivity contribution >= 4 is 11.1 Å². The van der Waals surface area contributed by atoms with E-state index in [1.807, 2.05) is 30.3 Å². The van der Waals surface area contributed by atoms with Crippen LogP contribution >= 0.6 is 0 Å². The summed E-state index contributed by atoms with van der Waals surface area (Å²) in [5.41, 5.74) is 2.27. The summed E-state index contributed by atoms with van der Waals surface area (Å²) in [6, 6.07) is 13.3. The van der Waals surface area contributed by atoms with E-state index in [9.17, 15) is 0 Å². The molecule has 0 aliphatic heterocycles.